The first-order valence-electron chi connectivity index (χ1n) is 8.93. The molecule has 2 aromatic rings. The predicted molar refractivity (Wildman–Crippen MR) is 102 cm³/mol. The highest BCUT2D eigenvalue weighted by Gasteiger charge is 2.22. The molecule has 0 bridgehead atoms. The van der Waals surface area contributed by atoms with Crippen LogP contribution in [0.2, 0.25) is 5.02 Å². The van der Waals surface area contributed by atoms with Crippen molar-refractivity contribution < 1.29 is 9.59 Å². The van der Waals surface area contributed by atoms with E-state index in [9.17, 15) is 9.59 Å². The van der Waals surface area contributed by atoms with E-state index in [2.05, 4.69) is 0 Å². The highest BCUT2D eigenvalue weighted by molar-refractivity contribution is 6.31. The molecule has 0 radical (unpaired) electrons. The predicted octanol–water partition coefficient (Wildman–Crippen LogP) is 2.52. The maximum absolute atomic E-state index is 12.6. The Morgan fingerprint density at radius 1 is 0.962 bits per heavy atom. The summed E-state index contributed by atoms with van der Waals surface area (Å²) < 4.78 is 1.94. The van der Waals surface area contributed by atoms with Gasteiger partial charge in [-0.3, -0.25) is 9.59 Å². The first-order chi connectivity index (χ1) is 12.5. The van der Waals surface area contributed by atoms with Gasteiger partial charge in [0.05, 0.1) is 12.8 Å². The first kappa shape index (κ1) is 18.5. The Kier molecular flexibility index (Phi) is 5.99. The average molecular weight is 374 g/mol. The molecule has 1 fully saturated rings. The van der Waals surface area contributed by atoms with Gasteiger partial charge in [-0.15, -0.1) is 0 Å². The van der Waals surface area contributed by atoms with E-state index in [0.717, 1.165) is 17.5 Å². The molecule has 6 heteroatoms. The summed E-state index contributed by atoms with van der Waals surface area (Å²) in [5.41, 5.74) is 1.87. The highest BCUT2D eigenvalue weighted by atomic mass is 35.5. The molecule has 1 aliphatic heterocycles. The Hall–Kier alpha value is -2.27. The topological polar surface area (TPSA) is 45.6 Å². The van der Waals surface area contributed by atoms with Crippen LogP contribution in [0.25, 0.3) is 0 Å². The number of hydrogen-bond acceptors (Lipinski definition) is 2. The van der Waals surface area contributed by atoms with E-state index in [1.807, 2.05) is 58.1 Å². The number of amides is 2. The van der Waals surface area contributed by atoms with E-state index in [0.29, 0.717) is 44.0 Å². The molecular formula is C20H24ClN3O2. The van der Waals surface area contributed by atoms with Gasteiger partial charge >= 0.3 is 0 Å². The number of aryl methyl sites for hydroxylation is 1. The van der Waals surface area contributed by atoms with Crippen LogP contribution in [0, 0.1) is 0 Å². The number of nitrogens with zero attached hydrogens (tertiary/aromatic N) is 3. The van der Waals surface area contributed by atoms with E-state index in [-0.39, 0.29) is 11.8 Å². The highest BCUT2D eigenvalue weighted by Crippen LogP contribution is 2.17. The van der Waals surface area contributed by atoms with Crippen molar-refractivity contribution in [2.45, 2.75) is 19.3 Å². The van der Waals surface area contributed by atoms with Gasteiger partial charge in [-0.1, -0.05) is 29.8 Å². The van der Waals surface area contributed by atoms with Gasteiger partial charge in [0, 0.05) is 50.6 Å². The van der Waals surface area contributed by atoms with Gasteiger partial charge in [0.2, 0.25) is 11.8 Å². The summed E-state index contributed by atoms with van der Waals surface area (Å²) in [5.74, 6) is 0.187. The van der Waals surface area contributed by atoms with Gasteiger partial charge < -0.3 is 14.4 Å². The Balaban J connectivity index is 1.55. The summed E-state index contributed by atoms with van der Waals surface area (Å²) in [6.45, 7) is 2.53. The fourth-order valence-corrected chi connectivity index (χ4v) is 3.49. The molecule has 0 spiro atoms. The number of rotatable bonds is 4. The van der Waals surface area contributed by atoms with Crippen LogP contribution in [-0.4, -0.2) is 52.4 Å². The third-order valence-electron chi connectivity index (χ3n) is 4.75. The van der Waals surface area contributed by atoms with Gasteiger partial charge in [-0.25, -0.2) is 0 Å². The Bertz CT molecular complexity index is 787. The normalized spacial score (nSPS) is 15.0. The summed E-state index contributed by atoms with van der Waals surface area (Å²) in [7, 11) is 1.95. The molecule has 1 aromatic heterocycles. The molecule has 0 unspecified atom stereocenters. The number of carbonyl (C=O) groups is 2. The fourth-order valence-electron chi connectivity index (χ4n) is 3.28. The molecule has 0 aliphatic carbocycles. The zero-order valence-corrected chi connectivity index (χ0v) is 15.8. The van der Waals surface area contributed by atoms with Crippen LogP contribution >= 0.6 is 11.6 Å². The smallest absolute Gasteiger partial charge is 0.227 e. The summed E-state index contributed by atoms with van der Waals surface area (Å²) >= 11 is 6.16. The van der Waals surface area contributed by atoms with Gasteiger partial charge in [-0.2, -0.15) is 0 Å². The summed E-state index contributed by atoms with van der Waals surface area (Å²) in [6, 6.07) is 9.40. The summed E-state index contributed by atoms with van der Waals surface area (Å²) in [5, 5.41) is 0.621. The lowest BCUT2D eigenvalue weighted by atomic mass is 10.1. The van der Waals surface area contributed by atoms with Crippen LogP contribution in [0.1, 0.15) is 17.5 Å². The Morgan fingerprint density at radius 2 is 1.62 bits per heavy atom. The van der Waals surface area contributed by atoms with Crippen molar-refractivity contribution in [2.24, 2.45) is 7.05 Å². The second-order valence-corrected chi connectivity index (χ2v) is 7.15. The van der Waals surface area contributed by atoms with Crippen LogP contribution in [-0.2, 0) is 29.5 Å². The zero-order valence-electron chi connectivity index (χ0n) is 15.0. The second-order valence-electron chi connectivity index (χ2n) is 6.75. The van der Waals surface area contributed by atoms with Crippen molar-refractivity contribution in [3.63, 3.8) is 0 Å². The van der Waals surface area contributed by atoms with E-state index in [1.54, 1.807) is 6.07 Å². The molecule has 26 heavy (non-hydrogen) atoms. The van der Waals surface area contributed by atoms with E-state index < -0.39 is 0 Å². The van der Waals surface area contributed by atoms with Crippen LogP contribution < -0.4 is 0 Å². The average Bonchev–Trinajstić information content (AvgIpc) is 2.87. The maximum atomic E-state index is 12.6. The largest absolute Gasteiger partial charge is 0.357 e. The number of hydrogen-bond donors (Lipinski definition) is 0. The molecule has 3 rings (SSSR count). The third-order valence-corrected chi connectivity index (χ3v) is 5.12. The van der Waals surface area contributed by atoms with Crippen LogP contribution in [0.3, 0.4) is 0 Å². The van der Waals surface area contributed by atoms with E-state index in [1.165, 1.54) is 0 Å². The number of benzene rings is 1. The summed E-state index contributed by atoms with van der Waals surface area (Å²) in [6.07, 6.45) is 5.43. The SMILES string of the molecule is Cn1ccc(CC(=O)N2CCCN(C(=O)Cc3ccccc3Cl)CC2)c1. The van der Waals surface area contributed by atoms with Gasteiger partial charge in [-0.05, 0) is 29.7 Å². The summed E-state index contributed by atoms with van der Waals surface area (Å²) in [4.78, 5) is 28.9. The lowest BCUT2D eigenvalue weighted by Crippen LogP contribution is -2.38. The lowest BCUT2D eigenvalue weighted by molar-refractivity contribution is -0.132. The Labute approximate surface area is 159 Å². The minimum atomic E-state index is 0.0652. The zero-order chi connectivity index (χ0) is 18.5. The molecule has 0 saturated carbocycles. The molecule has 2 heterocycles. The van der Waals surface area contributed by atoms with Gasteiger partial charge in [0.25, 0.3) is 0 Å². The van der Waals surface area contributed by atoms with Crippen molar-refractivity contribution >= 4 is 23.4 Å². The molecule has 0 atom stereocenters. The van der Waals surface area contributed by atoms with Crippen molar-refractivity contribution in [2.75, 3.05) is 26.2 Å². The van der Waals surface area contributed by atoms with Crippen molar-refractivity contribution in [1.29, 1.82) is 0 Å². The Morgan fingerprint density at radius 3 is 2.23 bits per heavy atom. The monoisotopic (exact) mass is 373 g/mol. The number of halogens is 1. The molecule has 0 N–H and O–H groups in total. The lowest BCUT2D eigenvalue weighted by Gasteiger charge is -2.22. The molecule has 1 saturated heterocycles. The van der Waals surface area contributed by atoms with E-state index >= 15 is 0 Å². The van der Waals surface area contributed by atoms with Crippen LogP contribution in [0.15, 0.2) is 42.7 Å². The molecule has 5 nitrogen and oxygen atoms in total. The molecule has 2 amide bonds. The minimum Gasteiger partial charge on any atom is -0.357 e. The quantitative estimate of drug-likeness (QED) is 0.826. The van der Waals surface area contributed by atoms with Gasteiger partial charge in [0.15, 0.2) is 0 Å². The third kappa shape index (κ3) is 4.67. The van der Waals surface area contributed by atoms with Crippen molar-refractivity contribution in [1.82, 2.24) is 14.4 Å². The first-order valence-corrected chi connectivity index (χ1v) is 9.30. The number of aromatic nitrogens is 1. The van der Waals surface area contributed by atoms with E-state index in [4.69, 9.17) is 11.6 Å². The second kappa shape index (κ2) is 8.41. The molecule has 1 aromatic carbocycles. The number of carbonyl (C=O) groups excluding carboxylic acids is 2. The fraction of sp³-hybridized carbons (Fsp3) is 0.400. The molecule has 138 valence electrons. The molecule has 1 aliphatic rings. The van der Waals surface area contributed by atoms with Crippen molar-refractivity contribution in [3.05, 3.63) is 58.9 Å². The maximum Gasteiger partial charge on any atom is 0.227 e. The molecular weight excluding hydrogens is 350 g/mol. The standard InChI is InChI=1S/C20H24ClN3O2/c1-22-10-7-16(15-22)13-19(25)23-8-4-9-24(12-11-23)20(26)14-17-5-2-3-6-18(17)21/h2-3,5-7,10,15H,4,8-9,11-14H2,1H3. The van der Waals surface area contributed by atoms with Crippen LogP contribution in [0.5, 0.6) is 0 Å². The van der Waals surface area contributed by atoms with Crippen molar-refractivity contribution in [3.8, 4) is 0 Å². The minimum absolute atomic E-state index is 0.0652. The van der Waals surface area contributed by atoms with Gasteiger partial charge in [0.1, 0.15) is 0 Å². The van der Waals surface area contributed by atoms with Crippen LogP contribution in [0.4, 0.5) is 0 Å².